The summed E-state index contributed by atoms with van der Waals surface area (Å²) < 4.78 is 5.55. The van der Waals surface area contributed by atoms with Crippen LogP contribution in [-0.2, 0) is 4.74 Å². The fourth-order valence-electron chi connectivity index (χ4n) is 2.54. The van der Waals surface area contributed by atoms with Gasteiger partial charge in [-0.05, 0) is 25.0 Å². The van der Waals surface area contributed by atoms with Crippen molar-refractivity contribution in [3.8, 4) is 0 Å². The summed E-state index contributed by atoms with van der Waals surface area (Å²) in [7, 11) is 1.84. The molecule has 1 N–H and O–H groups in total. The highest BCUT2D eigenvalue weighted by Gasteiger charge is 2.23. The van der Waals surface area contributed by atoms with E-state index in [1.54, 1.807) is 0 Å². The highest BCUT2D eigenvalue weighted by molar-refractivity contribution is 7.99. The lowest BCUT2D eigenvalue weighted by atomic mass is 9.92. The molecule has 1 fully saturated rings. The van der Waals surface area contributed by atoms with Gasteiger partial charge in [0.05, 0.1) is 6.10 Å². The van der Waals surface area contributed by atoms with Gasteiger partial charge in [0, 0.05) is 30.3 Å². The first kappa shape index (κ1) is 13.9. The standard InChI is InChI=1S/C15H23NOS/c1-17-15-10-6-5-9-14(15)16-11-12-18-13-7-3-2-4-8-13/h2-4,7-8,14-16H,5-6,9-12H2,1H3. The highest BCUT2D eigenvalue weighted by Crippen LogP contribution is 2.21. The number of benzene rings is 1. The van der Waals surface area contributed by atoms with Gasteiger partial charge >= 0.3 is 0 Å². The minimum atomic E-state index is 0.417. The molecular formula is C15H23NOS. The van der Waals surface area contributed by atoms with E-state index in [-0.39, 0.29) is 0 Å². The van der Waals surface area contributed by atoms with E-state index in [1.807, 2.05) is 18.9 Å². The maximum absolute atomic E-state index is 5.55. The molecule has 1 aliphatic rings. The minimum absolute atomic E-state index is 0.417. The van der Waals surface area contributed by atoms with Gasteiger partial charge in [-0.1, -0.05) is 31.0 Å². The van der Waals surface area contributed by atoms with Gasteiger partial charge in [-0.2, -0.15) is 0 Å². The zero-order valence-corrected chi connectivity index (χ0v) is 11.9. The Balaban J connectivity index is 1.65. The molecule has 0 bridgehead atoms. The van der Waals surface area contributed by atoms with E-state index in [0.717, 1.165) is 12.3 Å². The zero-order valence-electron chi connectivity index (χ0n) is 11.1. The first-order chi connectivity index (χ1) is 8.90. The van der Waals surface area contributed by atoms with Gasteiger partial charge in [-0.3, -0.25) is 0 Å². The van der Waals surface area contributed by atoms with E-state index in [0.29, 0.717) is 12.1 Å². The molecule has 2 nitrogen and oxygen atoms in total. The molecule has 1 aliphatic carbocycles. The fourth-order valence-corrected chi connectivity index (χ4v) is 3.35. The van der Waals surface area contributed by atoms with E-state index in [2.05, 4.69) is 35.6 Å². The Kier molecular flexibility index (Phi) is 6.05. The smallest absolute Gasteiger partial charge is 0.0724 e. The average Bonchev–Trinajstić information content (AvgIpc) is 2.45. The summed E-state index contributed by atoms with van der Waals surface area (Å²) >= 11 is 1.91. The number of nitrogens with one attached hydrogen (secondary N) is 1. The molecule has 100 valence electrons. The molecule has 0 saturated heterocycles. The summed E-state index contributed by atoms with van der Waals surface area (Å²) in [4.78, 5) is 1.35. The largest absolute Gasteiger partial charge is 0.380 e. The normalized spacial score (nSPS) is 24.1. The molecule has 1 saturated carbocycles. The fraction of sp³-hybridized carbons (Fsp3) is 0.600. The quantitative estimate of drug-likeness (QED) is 0.630. The van der Waals surface area contributed by atoms with Crippen LogP contribution in [0.4, 0.5) is 0 Å². The lowest BCUT2D eigenvalue weighted by Crippen LogP contribution is -2.43. The van der Waals surface area contributed by atoms with Gasteiger partial charge in [0.2, 0.25) is 0 Å². The maximum atomic E-state index is 5.55. The predicted molar refractivity (Wildman–Crippen MR) is 78.2 cm³/mol. The molecule has 0 radical (unpaired) electrons. The van der Waals surface area contributed by atoms with Crippen molar-refractivity contribution in [2.45, 2.75) is 42.7 Å². The summed E-state index contributed by atoms with van der Waals surface area (Å²) in [5.74, 6) is 1.12. The van der Waals surface area contributed by atoms with Gasteiger partial charge in [-0.15, -0.1) is 11.8 Å². The predicted octanol–water partition coefficient (Wildman–Crippen LogP) is 3.33. The summed E-state index contributed by atoms with van der Waals surface area (Å²) in [5.41, 5.74) is 0. The van der Waals surface area contributed by atoms with Crippen molar-refractivity contribution >= 4 is 11.8 Å². The Morgan fingerprint density at radius 2 is 2.00 bits per heavy atom. The number of hydrogen-bond acceptors (Lipinski definition) is 3. The second-order valence-electron chi connectivity index (χ2n) is 4.78. The number of ether oxygens (including phenoxy) is 1. The monoisotopic (exact) mass is 265 g/mol. The molecule has 0 amide bonds. The molecule has 0 spiro atoms. The number of methoxy groups -OCH3 is 1. The second kappa shape index (κ2) is 7.82. The van der Waals surface area contributed by atoms with E-state index in [4.69, 9.17) is 4.74 Å². The van der Waals surface area contributed by atoms with Crippen LogP contribution in [0.5, 0.6) is 0 Å². The van der Waals surface area contributed by atoms with Crippen LogP contribution in [0.2, 0.25) is 0 Å². The molecule has 1 aromatic rings. The van der Waals surface area contributed by atoms with Crippen molar-refractivity contribution in [1.82, 2.24) is 5.32 Å². The topological polar surface area (TPSA) is 21.3 Å². The average molecular weight is 265 g/mol. The van der Waals surface area contributed by atoms with Gasteiger partial charge in [-0.25, -0.2) is 0 Å². The number of hydrogen-bond donors (Lipinski definition) is 1. The van der Waals surface area contributed by atoms with Crippen LogP contribution in [0.15, 0.2) is 35.2 Å². The van der Waals surface area contributed by atoms with Crippen molar-refractivity contribution in [3.63, 3.8) is 0 Å². The summed E-state index contributed by atoms with van der Waals surface area (Å²) in [6.45, 7) is 1.06. The Labute approximate surface area is 114 Å². The third-order valence-corrected chi connectivity index (χ3v) is 4.54. The molecule has 2 unspecified atom stereocenters. The molecule has 18 heavy (non-hydrogen) atoms. The van der Waals surface area contributed by atoms with E-state index >= 15 is 0 Å². The first-order valence-corrected chi connectivity index (χ1v) is 7.83. The lowest BCUT2D eigenvalue weighted by molar-refractivity contribution is 0.0426. The van der Waals surface area contributed by atoms with E-state index in [1.165, 1.54) is 30.6 Å². The lowest BCUT2D eigenvalue weighted by Gasteiger charge is -2.31. The Hall–Kier alpha value is -0.510. The van der Waals surface area contributed by atoms with E-state index in [9.17, 15) is 0 Å². The Morgan fingerprint density at radius 3 is 2.78 bits per heavy atom. The molecule has 1 aromatic carbocycles. The summed E-state index contributed by atoms with van der Waals surface area (Å²) in [5, 5.41) is 3.65. The second-order valence-corrected chi connectivity index (χ2v) is 5.95. The molecule has 0 aliphatic heterocycles. The number of rotatable bonds is 6. The maximum Gasteiger partial charge on any atom is 0.0724 e. The molecule has 0 aromatic heterocycles. The molecule has 0 heterocycles. The van der Waals surface area contributed by atoms with Crippen LogP contribution < -0.4 is 5.32 Å². The van der Waals surface area contributed by atoms with Crippen molar-refractivity contribution in [3.05, 3.63) is 30.3 Å². The highest BCUT2D eigenvalue weighted by atomic mass is 32.2. The first-order valence-electron chi connectivity index (χ1n) is 6.84. The molecule has 3 heteroatoms. The van der Waals surface area contributed by atoms with Crippen LogP contribution >= 0.6 is 11.8 Å². The van der Waals surface area contributed by atoms with Gasteiger partial charge < -0.3 is 10.1 Å². The summed E-state index contributed by atoms with van der Waals surface area (Å²) in [6.07, 6.45) is 5.54. The van der Waals surface area contributed by atoms with Crippen LogP contribution in [0.1, 0.15) is 25.7 Å². The van der Waals surface area contributed by atoms with Crippen LogP contribution in [0, 0.1) is 0 Å². The SMILES string of the molecule is COC1CCCCC1NCCSc1ccccc1. The third kappa shape index (κ3) is 4.30. The van der Waals surface area contributed by atoms with E-state index < -0.39 is 0 Å². The van der Waals surface area contributed by atoms with Crippen molar-refractivity contribution in [1.29, 1.82) is 0 Å². The van der Waals surface area contributed by atoms with Crippen LogP contribution in [-0.4, -0.2) is 31.6 Å². The molecule has 2 atom stereocenters. The zero-order chi connectivity index (χ0) is 12.6. The Bertz CT molecular complexity index is 331. The van der Waals surface area contributed by atoms with Crippen LogP contribution in [0.25, 0.3) is 0 Å². The molecule has 2 rings (SSSR count). The Morgan fingerprint density at radius 1 is 1.22 bits per heavy atom. The van der Waals surface area contributed by atoms with Crippen LogP contribution in [0.3, 0.4) is 0 Å². The summed E-state index contributed by atoms with van der Waals surface area (Å²) in [6, 6.07) is 11.1. The van der Waals surface area contributed by atoms with Gasteiger partial charge in [0.15, 0.2) is 0 Å². The van der Waals surface area contributed by atoms with Gasteiger partial charge in [0.1, 0.15) is 0 Å². The van der Waals surface area contributed by atoms with Crippen molar-refractivity contribution < 1.29 is 4.74 Å². The van der Waals surface area contributed by atoms with Crippen molar-refractivity contribution in [2.24, 2.45) is 0 Å². The number of thioether (sulfide) groups is 1. The van der Waals surface area contributed by atoms with Gasteiger partial charge in [0.25, 0.3) is 0 Å². The van der Waals surface area contributed by atoms with Crippen molar-refractivity contribution in [2.75, 3.05) is 19.4 Å². The minimum Gasteiger partial charge on any atom is -0.380 e. The third-order valence-electron chi connectivity index (χ3n) is 3.53. The molecular weight excluding hydrogens is 242 g/mol.